The Hall–Kier alpha value is -1.06. The molecular formula is C9H12N2O. The van der Waals surface area contributed by atoms with E-state index in [4.69, 9.17) is 16.2 Å². The summed E-state index contributed by atoms with van der Waals surface area (Å²) < 4.78 is 5.46. The third-order valence-corrected chi connectivity index (χ3v) is 2.20. The van der Waals surface area contributed by atoms with E-state index in [0.717, 1.165) is 11.3 Å². The third-order valence-electron chi connectivity index (χ3n) is 2.20. The zero-order valence-electron chi connectivity index (χ0n) is 6.95. The van der Waals surface area contributed by atoms with Crippen molar-refractivity contribution < 1.29 is 4.74 Å². The zero-order chi connectivity index (χ0) is 8.77. The minimum Gasteiger partial charge on any atom is -0.471 e. The Kier molecular flexibility index (Phi) is 1.40. The number of rotatable bonds is 0. The highest BCUT2D eigenvalue weighted by atomic mass is 16.5. The molecule has 2 unspecified atom stereocenters. The highest BCUT2D eigenvalue weighted by molar-refractivity contribution is 5.41. The van der Waals surface area contributed by atoms with Gasteiger partial charge in [-0.25, -0.2) is 0 Å². The minimum absolute atomic E-state index is 0.228. The molecule has 0 radical (unpaired) electrons. The van der Waals surface area contributed by atoms with E-state index in [1.165, 1.54) is 0 Å². The lowest BCUT2D eigenvalue weighted by atomic mass is 10.0. The van der Waals surface area contributed by atoms with Gasteiger partial charge in [0, 0.05) is 5.56 Å². The van der Waals surface area contributed by atoms with Crippen LogP contribution in [0, 0.1) is 0 Å². The number of para-hydroxylation sites is 1. The molecule has 1 aliphatic rings. The van der Waals surface area contributed by atoms with Crippen molar-refractivity contribution in [1.29, 1.82) is 0 Å². The van der Waals surface area contributed by atoms with Gasteiger partial charge in [-0.1, -0.05) is 18.2 Å². The molecule has 3 heteroatoms. The molecule has 3 nitrogen and oxygen atoms in total. The second kappa shape index (κ2) is 2.21. The molecule has 1 heterocycles. The Balaban J connectivity index is 2.49. The van der Waals surface area contributed by atoms with Crippen molar-refractivity contribution in [3.8, 4) is 5.75 Å². The van der Waals surface area contributed by atoms with Crippen LogP contribution in [-0.2, 0) is 0 Å². The van der Waals surface area contributed by atoms with E-state index in [-0.39, 0.29) is 6.04 Å². The van der Waals surface area contributed by atoms with Gasteiger partial charge in [0.25, 0.3) is 0 Å². The van der Waals surface area contributed by atoms with E-state index < -0.39 is 5.72 Å². The van der Waals surface area contributed by atoms with Crippen molar-refractivity contribution in [2.45, 2.75) is 18.7 Å². The molecule has 0 amide bonds. The smallest absolute Gasteiger partial charge is 0.175 e. The van der Waals surface area contributed by atoms with Gasteiger partial charge in [-0.2, -0.15) is 0 Å². The Labute approximate surface area is 71.3 Å². The number of benzene rings is 1. The quantitative estimate of drug-likeness (QED) is 0.595. The largest absolute Gasteiger partial charge is 0.471 e. The highest BCUT2D eigenvalue weighted by Crippen LogP contribution is 2.38. The van der Waals surface area contributed by atoms with Crippen molar-refractivity contribution in [3.05, 3.63) is 29.8 Å². The lowest BCUT2D eigenvalue weighted by molar-refractivity contribution is 0.0978. The van der Waals surface area contributed by atoms with Gasteiger partial charge in [-0.15, -0.1) is 0 Å². The fraction of sp³-hybridized carbons (Fsp3) is 0.333. The van der Waals surface area contributed by atoms with Crippen molar-refractivity contribution in [1.82, 2.24) is 0 Å². The molecule has 0 saturated heterocycles. The molecule has 4 N–H and O–H groups in total. The molecule has 2 atom stereocenters. The fourth-order valence-electron chi connectivity index (χ4n) is 1.44. The molecule has 0 aliphatic carbocycles. The van der Waals surface area contributed by atoms with E-state index in [1.54, 1.807) is 6.92 Å². The molecule has 64 valence electrons. The predicted octanol–water partition coefficient (Wildman–Crippen LogP) is 0.754. The average Bonchev–Trinajstić information content (AvgIpc) is 2.24. The summed E-state index contributed by atoms with van der Waals surface area (Å²) in [4.78, 5) is 0. The normalized spacial score (nSPS) is 32.8. The SMILES string of the molecule is CC1(N)Oc2ccccc2C1N. The third kappa shape index (κ3) is 0.906. The van der Waals surface area contributed by atoms with Crippen LogP contribution in [0.2, 0.25) is 0 Å². The topological polar surface area (TPSA) is 61.3 Å². The number of fused-ring (bicyclic) bond motifs is 1. The Morgan fingerprint density at radius 2 is 2.08 bits per heavy atom. The Morgan fingerprint density at radius 3 is 2.75 bits per heavy atom. The summed E-state index contributed by atoms with van der Waals surface area (Å²) in [5.41, 5.74) is 11.9. The molecule has 0 bridgehead atoms. The van der Waals surface area contributed by atoms with Crippen LogP contribution >= 0.6 is 0 Å². The summed E-state index contributed by atoms with van der Waals surface area (Å²) in [6.45, 7) is 1.79. The molecule has 0 saturated carbocycles. The molecule has 1 aliphatic heterocycles. The van der Waals surface area contributed by atoms with Crippen LogP contribution in [0.3, 0.4) is 0 Å². The second-order valence-corrected chi connectivity index (χ2v) is 3.30. The van der Waals surface area contributed by atoms with Crippen molar-refractivity contribution in [2.75, 3.05) is 0 Å². The van der Waals surface area contributed by atoms with Crippen LogP contribution in [0.15, 0.2) is 24.3 Å². The van der Waals surface area contributed by atoms with Crippen molar-refractivity contribution in [2.24, 2.45) is 11.5 Å². The van der Waals surface area contributed by atoms with Crippen molar-refractivity contribution in [3.63, 3.8) is 0 Å². The van der Waals surface area contributed by atoms with Gasteiger partial charge in [0.05, 0.1) is 6.04 Å². The molecule has 12 heavy (non-hydrogen) atoms. The molecule has 2 rings (SSSR count). The summed E-state index contributed by atoms with van der Waals surface area (Å²) in [5, 5.41) is 0. The van der Waals surface area contributed by atoms with Gasteiger partial charge >= 0.3 is 0 Å². The summed E-state index contributed by atoms with van der Waals surface area (Å²) in [5.74, 6) is 0.801. The standard InChI is InChI=1S/C9H12N2O/c1-9(11)8(10)6-4-2-3-5-7(6)12-9/h2-5,8H,10-11H2,1H3. The van der Waals surface area contributed by atoms with Crippen LogP contribution in [0.4, 0.5) is 0 Å². The van der Waals surface area contributed by atoms with E-state index in [9.17, 15) is 0 Å². The minimum atomic E-state index is -0.760. The first-order valence-corrected chi connectivity index (χ1v) is 3.93. The van der Waals surface area contributed by atoms with E-state index in [2.05, 4.69) is 0 Å². The van der Waals surface area contributed by atoms with E-state index in [0.29, 0.717) is 0 Å². The molecule has 0 spiro atoms. The van der Waals surface area contributed by atoms with Gasteiger partial charge in [0.1, 0.15) is 5.75 Å². The summed E-state index contributed by atoms with van der Waals surface area (Å²) in [6.07, 6.45) is 0. The second-order valence-electron chi connectivity index (χ2n) is 3.30. The number of ether oxygens (including phenoxy) is 1. The maximum Gasteiger partial charge on any atom is 0.175 e. The van der Waals surface area contributed by atoms with Crippen LogP contribution in [0.1, 0.15) is 18.5 Å². The van der Waals surface area contributed by atoms with E-state index >= 15 is 0 Å². The van der Waals surface area contributed by atoms with Gasteiger partial charge in [-0.3, -0.25) is 5.73 Å². The zero-order valence-corrected chi connectivity index (χ0v) is 6.95. The van der Waals surface area contributed by atoms with Crippen LogP contribution in [0.5, 0.6) is 5.75 Å². The van der Waals surface area contributed by atoms with Gasteiger partial charge < -0.3 is 10.5 Å². The number of hydrogen-bond donors (Lipinski definition) is 2. The van der Waals surface area contributed by atoms with Crippen LogP contribution < -0.4 is 16.2 Å². The predicted molar refractivity (Wildman–Crippen MR) is 46.6 cm³/mol. The fourth-order valence-corrected chi connectivity index (χ4v) is 1.44. The number of nitrogens with two attached hydrogens (primary N) is 2. The van der Waals surface area contributed by atoms with Crippen molar-refractivity contribution >= 4 is 0 Å². The lowest BCUT2D eigenvalue weighted by Crippen LogP contribution is -2.47. The first kappa shape index (κ1) is 7.58. The molecule has 0 fully saturated rings. The Morgan fingerprint density at radius 1 is 1.42 bits per heavy atom. The molecular weight excluding hydrogens is 152 g/mol. The number of hydrogen-bond acceptors (Lipinski definition) is 3. The summed E-state index contributed by atoms with van der Waals surface area (Å²) in [7, 11) is 0. The lowest BCUT2D eigenvalue weighted by Gasteiger charge is -2.22. The van der Waals surface area contributed by atoms with Crippen LogP contribution in [0.25, 0.3) is 0 Å². The Bertz CT molecular complexity index is 309. The average molecular weight is 164 g/mol. The van der Waals surface area contributed by atoms with Gasteiger partial charge in [0.15, 0.2) is 5.72 Å². The van der Waals surface area contributed by atoms with Gasteiger partial charge in [-0.05, 0) is 13.0 Å². The van der Waals surface area contributed by atoms with Crippen LogP contribution in [-0.4, -0.2) is 5.72 Å². The van der Waals surface area contributed by atoms with E-state index in [1.807, 2.05) is 24.3 Å². The maximum atomic E-state index is 5.87. The maximum absolute atomic E-state index is 5.87. The monoisotopic (exact) mass is 164 g/mol. The van der Waals surface area contributed by atoms with Gasteiger partial charge in [0.2, 0.25) is 0 Å². The molecule has 1 aromatic carbocycles. The molecule has 0 aromatic heterocycles. The summed E-state index contributed by atoms with van der Waals surface area (Å²) in [6, 6.07) is 7.44. The molecule has 1 aromatic rings. The summed E-state index contributed by atoms with van der Waals surface area (Å²) >= 11 is 0. The first-order chi connectivity index (χ1) is 5.61. The first-order valence-electron chi connectivity index (χ1n) is 3.93. The highest BCUT2D eigenvalue weighted by Gasteiger charge is 2.38.